The lowest BCUT2D eigenvalue weighted by Crippen LogP contribution is -1.96. The molecule has 0 saturated carbocycles. The molecule has 2 nitrogen and oxygen atoms in total. The molecule has 0 fully saturated rings. The average Bonchev–Trinajstić information content (AvgIpc) is 3.42. The third-order valence-electron chi connectivity index (χ3n) is 13.6. The maximum atomic E-state index is 5.16. The van der Waals surface area contributed by atoms with Crippen molar-refractivity contribution in [3.63, 3.8) is 0 Å². The van der Waals surface area contributed by atoms with Gasteiger partial charge in [-0.2, -0.15) is 0 Å². The second-order valence-corrected chi connectivity index (χ2v) is 17.7. The molecule has 0 amide bonds. The normalized spacial score (nSPS) is 11.5. The van der Waals surface area contributed by atoms with Gasteiger partial charge in [-0.05, 0) is 123 Å². The van der Waals surface area contributed by atoms with Crippen molar-refractivity contribution in [2.24, 2.45) is 0 Å². The van der Waals surface area contributed by atoms with Crippen molar-refractivity contribution in [2.45, 2.75) is 0 Å². The van der Waals surface area contributed by atoms with Crippen molar-refractivity contribution in [2.75, 3.05) is 0 Å². The van der Waals surface area contributed by atoms with Gasteiger partial charge in [0.25, 0.3) is 0 Å². The highest BCUT2D eigenvalue weighted by Crippen LogP contribution is 2.47. The van der Waals surface area contributed by atoms with Gasteiger partial charge in [0.1, 0.15) is 0 Å². The highest BCUT2D eigenvalue weighted by molar-refractivity contribution is 6.28. The van der Waals surface area contributed by atoms with E-state index in [2.05, 4.69) is 237 Å². The molecular weight excluding hydrogens is 821 g/mol. The second-order valence-electron chi connectivity index (χ2n) is 17.7. The Kier molecular flexibility index (Phi) is 9.54. The summed E-state index contributed by atoms with van der Waals surface area (Å²) < 4.78 is 0. The fraction of sp³-hybridized carbons (Fsp3) is 0. The summed E-state index contributed by atoms with van der Waals surface area (Å²) in [5.74, 6) is 0.702. The van der Waals surface area contributed by atoms with E-state index in [0.29, 0.717) is 5.82 Å². The maximum absolute atomic E-state index is 5.16. The van der Waals surface area contributed by atoms with Gasteiger partial charge in [-0.15, -0.1) is 0 Å². The Bertz CT molecular complexity index is 4060. The first-order chi connectivity index (χ1) is 33.7. The molecule has 0 atom stereocenters. The summed E-state index contributed by atoms with van der Waals surface area (Å²) >= 11 is 0. The third kappa shape index (κ3) is 6.90. The molecule has 0 spiro atoms. The fourth-order valence-corrected chi connectivity index (χ4v) is 10.4. The molecule has 0 bridgehead atoms. The minimum atomic E-state index is 0.702. The molecule has 2 heteroatoms. The summed E-state index contributed by atoms with van der Waals surface area (Å²) in [6.07, 6.45) is 0. The zero-order chi connectivity index (χ0) is 45.0. The third-order valence-corrected chi connectivity index (χ3v) is 13.6. The predicted molar refractivity (Wildman–Crippen MR) is 288 cm³/mol. The number of hydrogen-bond acceptors (Lipinski definition) is 2. The molecule has 0 aliphatic carbocycles. The Labute approximate surface area is 395 Å². The van der Waals surface area contributed by atoms with Crippen LogP contribution in [0.15, 0.2) is 255 Å². The van der Waals surface area contributed by atoms with Crippen LogP contribution in [0, 0.1) is 0 Å². The van der Waals surface area contributed by atoms with Crippen molar-refractivity contribution in [3.8, 4) is 78.4 Å². The molecule has 12 aromatic carbocycles. The molecule has 0 aliphatic heterocycles. The van der Waals surface area contributed by atoms with E-state index in [9.17, 15) is 0 Å². The Morgan fingerprint density at radius 3 is 1.47 bits per heavy atom. The number of aromatic nitrogens is 2. The molecule has 1 heterocycles. The monoisotopic (exact) mass is 862 g/mol. The van der Waals surface area contributed by atoms with Crippen LogP contribution >= 0.6 is 0 Å². The lowest BCUT2D eigenvalue weighted by molar-refractivity contribution is 1.18. The number of fused-ring (bicyclic) bond motifs is 6. The second kappa shape index (κ2) is 16.5. The van der Waals surface area contributed by atoms with E-state index < -0.39 is 0 Å². The minimum Gasteiger partial charge on any atom is -0.228 e. The smallest absolute Gasteiger partial charge is 0.160 e. The molecule has 0 N–H and O–H groups in total. The van der Waals surface area contributed by atoms with Gasteiger partial charge in [-0.25, -0.2) is 9.97 Å². The molecule has 68 heavy (non-hydrogen) atoms. The van der Waals surface area contributed by atoms with Gasteiger partial charge < -0.3 is 0 Å². The standard InChI is InChI=1S/C66H42N2/c1-3-17-47(18-4-1)63-58-26-11-12-27-59(58)64(65-57-25-10-8-16-45(57)37-38-60(63)65)54-36-35-50-39-49(33-34-51(50)40-54)43-29-31-46(32-30-43)61-42-62(68-66(67-61)48-19-5-2-6-20-48)53-23-13-22-52(41-53)56-28-14-21-44-15-7-9-24-55(44)56/h1-42H. The van der Waals surface area contributed by atoms with Crippen LogP contribution < -0.4 is 0 Å². The molecule has 1 aromatic heterocycles. The first-order valence-corrected chi connectivity index (χ1v) is 23.3. The van der Waals surface area contributed by atoms with Crippen LogP contribution in [-0.4, -0.2) is 9.97 Å². The Hall–Kier alpha value is -8.98. The summed E-state index contributed by atoms with van der Waals surface area (Å²) in [5.41, 5.74) is 14.5. The predicted octanol–water partition coefficient (Wildman–Crippen LogP) is 17.9. The van der Waals surface area contributed by atoms with Crippen molar-refractivity contribution in [3.05, 3.63) is 255 Å². The van der Waals surface area contributed by atoms with Gasteiger partial charge in [0.05, 0.1) is 11.4 Å². The van der Waals surface area contributed by atoms with Crippen LogP contribution in [0.5, 0.6) is 0 Å². The van der Waals surface area contributed by atoms with Crippen molar-refractivity contribution in [1.29, 1.82) is 0 Å². The molecule has 0 radical (unpaired) electrons. The Morgan fingerprint density at radius 2 is 0.721 bits per heavy atom. The minimum absolute atomic E-state index is 0.702. The van der Waals surface area contributed by atoms with Crippen molar-refractivity contribution < 1.29 is 0 Å². The highest BCUT2D eigenvalue weighted by atomic mass is 14.9. The van der Waals surface area contributed by atoms with E-state index in [0.717, 1.165) is 39.2 Å². The van der Waals surface area contributed by atoms with E-state index in [4.69, 9.17) is 9.97 Å². The van der Waals surface area contributed by atoms with Gasteiger partial charge in [0.15, 0.2) is 5.82 Å². The SMILES string of the molecule is c1ccc(-c2nc(-c3ccc(-c4ccc5cc(-c6c7ccccc7c(-c7ccccc7)c7ccc8ccccc8c67)ccc5c4)cc3)cc(-c3cccc(-c4cccc5ccccc45)c3)n2)cc1. The van der Waals surface area contributed by atoms with Gasteiger partial charge in [-0.3, -0.25) is 0 Å². The molecule has 13 aromatic rings. The fourth-order valence-electron chi connectivity index (χ4n) is 10.4. The topological polar surface area (TPSA) is 25.8 Å². The van der Waals surface area contributed by atoms with E-state index in [-0.39, 0.29) is 0 Å². The van der Waals surface area contributed by atoms with E-state index in [1.165, 1.54) is 87.2 Å². The zero-order valence-electron chi connectivity index (χ0n) is 37.1. The van der Waals surface area contributed by atoms with Gasteiger partial charge in [0, 0.05) is 16.7 Å². The lowest BCUT2D eigenvalue weighted by atomic mass is 9.83. The van der Waals surface area contributed by atoms with Gasteiger partial charge >= 0.3 is 0 Å². The van der Waals surface area contributed by atoms with E-state index >= 15 is 0 Å². The van der Waals surface area contributed by atoms with Crippen molar-refractivity contribution in [1.82, 2.24) is 9.97 Å². The number of benzene rings is 12. The van der Waals surface area contributed by atoms with Crippen LogP contribution in [0.1, 0.15) is 0 Å². The van der Waals surface area contributed by atoms with Crippen molar-refractivity contribution >= 4 is 53.9 Å². The maximum Gasteiger partial charge on any atom is 0.160 e. The largest absolute Gasteiger partial charge is 0.228 e. The van der Waals surface area contributed by atoms with Gasteiger partial charge in [0.2, 0.25) is 0 Å². The summed E-state index contributed by atoms with van der Waals surface area (Å²) in [7, 11) is 0. The van der Waals surface area contributed by atoms with E-state index in [1.807, 2.05) is 18.2 Å². The van der Waals surface area contributed by atoms with Crippen LogP contribution in [0.3, 0.4) is 0 Å². The quantitative estimate of drug-likeness (QED) is 0.118. The number of rotatable bonds is 7. The van der Waals surface area contributed by atoms with Gasteiger partial charge in [-0.1, -0.05) is 231 Å². The summed E-state index contributed by atoms with van der Waals surface area (Å²) in [5, 5.41) is 12.5. The Balaban J connectivity index is 0.876. The molecule has 0 saturated heterocycles. The number of hydrogen-bond donors (Lipinski definition) is 0. The molecule has 0 unspecified atom stereocenters. The highest BCUT2D eigenvalue weighted by Gasteiger charge is 2.19. The summed E-state index contributed by atoms with van der Waals surface area (Å²) in [4.78, 5) is 10.3. The molecule has 316 valence electrons. The Morgan fingerprint density at radius 1 is 0.221 bits per heavy atom. The number of nitrogens with zero attached hydrogens (tertiary/aromatic N) is 2. The van der Waals surface area contributed by atoms with Crippen LogP contribution in [0.4, 0.5) is 0 Å². The molecule has 0 aliphatic rings. The van der Waals surface area contributed by atoms with E-state index in [1.54, 1.807) is 0 Å². The first-order valence-electron chi connectivity index (χ1n) is 23.3. The van der Waals surface area contributed by atoms with Crippen LogP contribution in [0.25, 0.3) is 132 Å². The summed E-state index contributed by atoms with van der Waals surface area (Å²) in [6, 6.07) is 92.0. The van der Waals surface area contributed by atoms with Crippen LogP contribution in [0.2, 0.25) is 0 Å². The molecular formula is C66H42N2. The lowest BCUT2D eigenvalue weighted by Gasteiger charge is -2.19. The molecule has 13 rings (SSSR count). The average molecular weight is 863 g/mol. The summed E-state index contributed by atoms with van der Waals surface area (Å²) in [6.45, 7) is 0. The zero-order valence-corrected chi connectivity index (χ0v) is 37.1. The first kappa shape index (κ1) is 39.4. The van der Waals surface area contributed by atoms with Crippen LogP contribution in [-0.2, 0) is 0 Å².